The van der Waals surface area contributed by atoms with Crippen LogP contribution in [0.15, 0.2) is 18.3 Å². The number of ether oxygens (including phenoxy) is 1. The molecular weight excluding hydrogens is 159 g/mol. The number of hydrogen-bond acceptors (Lipinski definition) is 2. The molecule has 0 bridgehead atoms. The first-order valence-electron chi connectivity index (χ1n) is 3.48. The summed E-state index contributed by atoms with van der Waals surface area (Å²) in [6, 6.07) is 2.97. The van der Waals surface area contributed by atoms with Crippen molar-refractivity contribution in [1.82, 2.24) is 10.2 Å². The van der Waals surface area contributed by atoms with Crippen LogP contribution in [0.5, 0.6) is 5.75 Å². The molecule has 2 aromatic rings. The molecule has 0 fully saturated rings. The Balaban J connectivity index is 2.73. The van der Waals surface area contributed by atoms with E-state index in [0.717, 1.165) is 5.39 Å². The summed E-state index contributed by atoms with van der Waals surface area (Å²) in [7, 11) is 1.43. The van der Waals surface area contributed by atoms with E-state index in [-0.39, 0.29) is 11.6 Å². The molecule has 0 aliphatic rings. The highest BCUT2D eigenvalue weighted by Gasteiger charge is 2.04. The maximum absolute atomic E-state index is 13.0. The van der Waals surface area contributed by atoms with Crippen molar-refractivity contribution in [3.63, 3.8) is 0 Å². The monoisotopic (exact) mass is 166 g/mol. The first-order chi connectivity index (χ1) is 5.81. The van der Waals surface area contributed by atoms with Crippen LogP contribution in [-0.4, -0.2) is 17.3 Å². The van der Waals surface area contributed by atoms with Gasteiger partial charge in [-0.25, -0.2) is 4.39 Å². The lowest BCUT2D eigenvalue weighted by Crippen LogP contribution is -1.86. The Morgan fingerprint density at radius 1 is 1.50 bits per heavy atom. The summed E-state index contributed by atoms with van der Waals surface area (Å²) in [5.74, 6) is -0.141. The molecule has 2 rings (SSSR count). The number of aromatic amines is 1. The summed E-state index contributed by atoms with van der Waals surface area (Å²) in [5.41, 5.74) is 0.674. The number of hydrogen-bond donors (Lipinski definition) is 1. The summed E-state index contributed by atoms with van der Waals surface area (Å²) < 4.78 is 17.8. The third kappa shape index (κ3) is 0.922. The minimum absolute atomic E-state index is 0.240. The smallest absolute Gasteiger partial charge is 0.167 e. The van der Waals surface area contributed by atoms with Crippen molar-refractivity contribution in [2.45, 2.75) is 0 Å². The molecule has 0 unspecified atom stereocenters. The van der Waals surface area contributed by atoms with E-state index in [0.29, 0.717) is 5.52 Å². The number of fused-ring (bicyclic) bond motifs is 1. The molecule has 4 heteroatoms. The fourth-order valence-electron chi connectivity index (χ4n) is 1.10. The van der Waals surface area contributed by atoms with Crippen LogP contribution >= 0.6 is 0 Å². The highest BCUT2D eigenvalue weighted by atomic mass is 19.1. The summed E-state index contributed by atoms with van der Waals surface area (Å²) in [6.07, 6.45) is 1.62. The minimum atomic E-state index is -0.380. The van der Waals surface area contributed by atoms with Crippen molar-refractivity contribution in [1.29, 1.82) is 0 Å². The van der Waals surface area contributed by atoms with Crippen LogP contribution in [0, 0.1) is 5.82 Å². The second-order valence-electron chi connectivity index (χ2n) is 2.44. The van der Waals surface area contributed by atoms with Gasteiger partial charge in [0.25, 0.3) is 0 Å². The van der Waals surface area contributed by atoms with Gasteiger partial charge in [-0.3, -0.25) is 5.10 Å². The van der Waals surface area contributed by atoms with E-state index in [1.807, 2.05) is 0 Å². The molecule has 1 aromatic heterocycles. The molecule has 12 heavy (non-hydrogen) atoms. The fraction of sp³-hybridized carbons (Fsp3) is 0.125. The summed E-state index contributed by atoms with van der Waals surface area (Å²) >= 11 is 0. The van der Waals surface area contributed by atoms with Crippen LogP contribution in [-0.2, 0) is 0 Å². The van der Waals surface area contributed by atoms with Crippen molar-refractivity contribution >= 4 is 10.9 Å². The van der Waals surface area contributed by atoms with Gasteiger partial charge in [0.2, 0.25) is 0 Å². The average molecular weight is 166 g/mol. The predicted molar refractivity (Wildman–Crippen MR) is 42.6 cm³/mol. The fourth-order valence-corrected chi connectivity index (χ4v) is 1.10. The predicted octanol–water partition coefficient (Wildman–Crippen LogP) is 1.71. The van der Waals surface area contributed by atoms with Crippen LogP contribution in [0.25, 0.3) is 10.9 Å². The highest BCUT2D eigenvalue weighted by molar-refractivity contribution is 5.79. The number of nitrogens with one attached hydrogen (secondary N) is 1. The lowest BCUT2D eigenvalue weighted by molar-refractivity contribution is 0.387. The van der Waals surface area contributed by atoms with E-state index >= 15 is 0 Å². The van der Waals surface area contributed by atoms with Crippen molar-refractivity contribution in [3.8, 4) is 5.75 Å². The summed E-state index contributed by atoms with van der Waals surface area (Å²) in [6.45, 7) is 0. The van der Waals surface area contributed by atoms with Gasteiger partial charge in [-0.1, -0.05) is 0 Å². The molecule has 1 N–H and O–H groups in total. The van der Waals surface area contributed by atoms with Crippen molar-refractivity contribution in [2.75, 3.05) is 7.11 Å². The van der Waals surface area contributed by atoms with Crippen molar-refractivity contribution in [3.05, 3.63) is 24.1 Å². The molecule has 0 atom stereocenters. The summed E-state index contributed by atoms with van der Waals surface area (Å²) in [5, 5.41) is 7.28. The van der Waals surface area contributed by atoms with E-state index in [1.54, 1.807) is 12.3 Å². The van der Waals surface area contributed by atoms with Gasteiger partial charge in [0.1, 0.15) is 0 Å². The number of nitrogens with zero attached hydrogens (tertiary/aromatic N) is 1. The van der Waals surface area contributed by atoms with Crippen molar-refractivity contribution in [2.24, 2.45) is 0 Å². The number of methoxy groups -OCH3 is 1. The molecule has 0 amide bonds. The van der Waals surface area contributed by atoms with E-state index < -0.39 is 0 Å². The molecule has 0 aliphatic heterocycles. The number of aromatic nitrogens is 2. The van der Waals surface area contributed by atoms with Crippen LogP contribution in [0.2, 0.25) is 0 Å². The Morgan fingerprint density at radius 3 is 3.08 bits per heavy atom. The highest BCUT2D eigenvalue weighted by Crippen LogP contribution is 2.22. The molecule has 0 radical (unpaired) electrons. The van der Waals surface area contributed by atoms with Crippen LogP contribution < -0.4 is 4.74 Å². The van der Waals surface area contributed by atoms with E-state index in [2.05, 4.69) is 10.2 Å². The zero-order chi connectivity index (χ0) is 8.55. The SMILES string of the molecule is COc1cc2cn[nH]c2cc1F. The Hall–Kier alpha value is -1.58. The molecule has 0 saturated carbocycles. The summed E-state index contributed by atoms with van der Waals surface area (Å²) in [4.78, 5) is 0. The average Bonchev–Trinajstić information content (AvgIpc) is 2.49. The zero-order valence-corrected chi connectivity index (χ0v) is 6.47. The first kappa shape index (κ1) is 7.09. The van der Waals surface area contributed by atoms with Crippen molar-refractivity contribution < 1.29 is 9.13 Å². The maximum atomic E-state index is 13.0. The largest absolute Gasteiger partial charge is 0.494 e. The van der Waals surface area contributed by atoms with Gasteiger partial charge in [0.15, 0.2) is 11.6 Å². The second-order valence-corrected chi connectivity index (χ2v) is 2.44. The molecule has 1 aromatic carbocycles. The molecule has 0 aliphatic carbocycles. The van der Waals surface area contributed by atoms with Gasteiger partial charge >= 0.3 is 0 Å². The van der Waals surface area contributed by atoms with Gasteiger partial charge in [-0.05, 0) is 6.07 Å². The number of H-pyrrole nitrogens is 1. The first-order valence-corrected chi connectivity index (χ1v) is 3.48. The zero-order valence-electron chi connectivity index (χ0n) is 6.47. The minimum Gasteiger partial charge on any atom is -0.494 e. The van der Waals surface area contributed by atoms with Gasteiger partial charge < -0.3 is 4.74 Å². The molecule has 0 spiro atoms. The van der Waals surface area contributed by atoms with Gasteiger partial charge in [-0.2, -0.15) is 5.10 Å². The normalized spacial score (nSPS) is 10.5. The topological polar surface area (TPSA) is 37.9 Å². The number of benzene rings is 1. The van der Waals surface area contributed by atoms with Crippen LogP contribution in [0.3, 0.4) is 0 Å². The maximum Gasteiger partial charge on any atom is 0.167 e. The van der Waals surface area contributed by atoms with E-state index in [4.69, 9.17) is 4.74 Å². The number of halogens is 1. The third-order valence-corrected chi connectivity index (χ3v) is 1.71. The van der Waals surface area contributed by atoms with E-state index in [1.165, 1.54) is 13.2 Å². The second kappa shape index (κ2) is 2.48. The Bertz CT molecular complexity index is 410. The Labute approximate surface area is 68.2 Å². The Kier molecular flexibility index (Phi) is 1.46. The molecule has 3 nitrogen and oxygen atoms in total. The lowest BCUT2D eigenvalue weighted by Gasteiger charge is -1.99. The number of rotatable bonds is 1. The lowest BCUT2D eigenvalue weighted by atomic mass is 10.2. The molecule has 0 saturated heterocycles. The van der Waals surface area contributed by atoms with Gasteiger partial charge in [-0.15, -0.1) is 0 Å². The molecule has 62 valence electrons. The third-order valence-electron chi connectivity index (χ3n) is 1.71. The van der Waals surface area contributed by atoms with Crippen LogP contribution in [0.1, 0.15) is 0 Å². The standard InChI is InChI=1S/C8H7FN2O/c1-12-8-2-5-4-10-11-7(5)3-6(8)9/h2-4H,1H3,(H,10,11). The van der Waals surface area contributed by atoms with Gasteiger partial charge in [0, 0.05) is 11.5 Å². The Morgan fingerprint density at radius 2 is 2.33 bits per heavy atom. The quantitative estimate of drug-likeness (QED) is 0.700. The molecule has 1 heterocycles. The molecular formula is C8H7FN2O. The van der Waals surface area contributed by atoms with E-state index in [9.17, 15) is 4.39 Å². The van der Waals surface area contributed by atoms with Gasteiger partial charge in [0.05, 0.1) is 18.8 Å². The van der Waals surface area contributed by atoms with Crippen LogP contribution in [0.4, 0.5) is 4.39 Å².